The number of unbranched alkanes of at least 4 members (excludes halogenated alkanes) is 1. The number of carbonyl (C=O) groups is 1. The second kappa shape index (κ2) is 8.88. The van der Waals surface area contributed by atoms with Crippen molar-refractivity contribution in [2.75, 3.05) is 6.61 Å². The van der Waals surface area contributed by atoms with Gasteiger partial charge in [-0.2, -0.15) is 0 Å². The lowest BCUT2D eigenvalue weighted by atomic mass is 10.3. The Bertz CT molecular complexity index is 322. The van der Waals surface area contributed by atoms with Crippen LogP contribution in [0.2, 0.25) is 0 Å². The van der Waals surface area contributed by atoms with E-state index >= 15 is 0 Å². The molecule has 0 spiro atoms. The molecule has 0 aliphatic carbocycles. The van der Waals surface area contributed by atoms with E-state index in [1.54, 1.807) is 19.1 Å². The fourth-order valence-electron chi connectivity index (χ4n) is 1.14. The number of rotatable bonds is 6. The Morgan fingerprint density at radius 1 is 1.12 bits per heavy atom. The molecule has 4 heteroatoms. The van der Waals surface area contributed by atoms with Crippen molar-refractivity contribution in [3.05, 3.63) is 24.3 Å². The highest BCUT2D eigenvalue weighted by Crippen LogP contribution is 2.18. The molecule has 1 rings (SSSR count). The number of halogens is 1. The topological polar surface area (TPSA) is 35.5 Å². The maximum absolute atomic E-state index is 11.0. The number of hydrogen-bond acceptors (Lipinski definition) is 3. The highest BCUT2D eigenvalue weighted by atomic mass is 35.5. The third-order valence-corrected chi connectivity index (χ3v) is 2.11. The van der Waals surface area contributed by atoms with Gasteiger partial charge in [-0.05, 0) is 30.7 Å². The minimum absolute atomic E-state index is 0. The number of benzene rings is 1. The second-order valence-corrected chi connectivity index (χ2v) is 3.50. The molecule has 0 radical (unpaired) electrons. The summed E-state index contributed by atoms with van der Waals surface area (Å²) in [7, 11) is 0. The molecule has 0 aromatic heterocycles. The smallest absolute Gasteiger partial charge is 0.310 e. The summed E-state index contributed by atoms with van der Waals surface area (Å²) in [6, 6.07) is 7.12. The first-order valence-electron chi connectivity index (χ1n) is 5.69. The molecule has 0 amide bonds. The molecule has 17 heavy (non-hydrogen) atoms. The molecule has 0 saturated heterocycles. The van der Waals surface area contributed by atoms with Gasteiger partial charge in [-0.1, -0.05) is 20.3 Å². The molecule has 0 N–H and O–H groups in total. The van der Waals surface area contributed by atoms with Crippen molar-refractivity contribution in [3.63, 3.8) is 0 Å². The van der Waals surface area contributed by atoms with Crippen LogP contribution in [0.25, 0.3) is 0 Å². The fourth-order valence-corrected chi connectivity index (χ4v) is 1.14. The minimum Gasteiger partial charge on any atom is -0.494 e. The monoisotopic (exact) mass is 258 g/mol. The van der Waals surface area contributed by atoms with Gasteiger partial charge >= 0.3 is 5.97 Å². The van der Waals surface area contributed by atoms with Crippen molar-refractivity contribution in [1.82, 2.24) is 0 Å². The molecule has 0 aliphatic heterocycles. The molecule has 0 saturated carbocycles. The molecule has 0 unspecified atom stereocenters. The minimum atomic E-state index is -0.223. The molecular formula is C13H19ClO3. The summed E-state index contributed by atoms with van der Waals surface area (Å²) in [6.07, 6.45) is 2.55. The molecule has 0 heterocycles. The predicted molar refractivity (Wildman–Crippen MR) is 70.0 cm³/mol. The Morgan fingerprint density at radius 2 is 1.71 bits per heavy atom. The van der Waals surface area contributed by atoms with Gasteiger partial charge in [-0.15, -0.1) is 12.4 Å². The first kappa shape index (κ1) is 15.8. The van der Waals surface area contributed by atoms with E-state index in [1.807, 2.05) is 12.1 Å². The molecule has 0 atom stereocenters. The maximum atomic E-state index is 11.0. The van der Waals surface area contributed by atoms with Crippen LogP contribution in [0, 0.1) is 0 Å². The van der Waals surface area contributed by atoms with Gasteiger partial charge in [-0.25, -0.2) is 0 Å². The Balaban J connectivity index is 0.00000256. The van der Waals surface area contributed by atoms with Crippen LogP contribution in [-0.2, 0) is 4.79 Å². The van der Waals surface area contributed by atoms with Crippen molar-refractivity contribution in [3.8, 4) is 11.5 Å². The number of carbonyl (C=O) groups excluding carboxylic acids is 1. The first-order valence-corrected chi connectivity index (χ1v) is 5.69. The number of ether oxygens (including phenoxy) is 2. The first-order chi connectivity index (χ1) is 7.76. The molecule has 3 nitrogen and oxygen atoms in total. The Kier molecular flexibility index (Phi) is 8.24. The summed E-state index contributed by atoms with van der Waals surface area (Å²) in [5.41, 5.74) is 0. The average Bonchev–Trinajstić information content (AvgIpc) is 2.31. The summed E-state index contributed by atoms with van der Waals surface area (Å²) < 4.78 is 10.5. The van der Waals surface area contributed by atoms with E-state index in [2.05, 4.69) is 6.92 Å². The third-order valence-electron chi connectivity index (χ3n) is 2.11. The van der Waals surface area contributed by atoms with Crippen LogP contribution in [-0.4, -0.2) is 12.6 Å². The Labute approximate surface area is 109 Å². The van der Waals surface area contributed by atoms with Gasteiger partial charge in [-0.3, -0.25) is 4.79 Å². The maximum Gasteiger partial charge on any atom is 0.310 e. The SMILES string of the molecule is CCCCOc1ccc(OC(=O)CC)cc1.Cl. The van der Waals surface area contributed by atoms with Crippen molar-refractivity contribution in [1.29, 1.82) is 0 Å². The van der Waals surface area contributed by atoms with Gasteiger partial charge in [0.05, 0.1) is 6.61 Å². The lowest BCUT2D eigenvalue weighted by Gasteiger charge is -2.06. The molecule has 0 fully saturated rings. The molecular weight excluding hydrogens is 240 g/mol. The summed E-state index contributed by atoms with van der Waals surface area (Å²) >= 11 is 0. The van der Waals surface area contributed by atoms with Gasteiger partial charge in [0.1, 0.15) is 11.5 Å². The number of hydrogen-bond donors (Lipinski definition) is 0. The zero-order chi connectivity index (χ0) is 11.8. The van der Waals surface area contributed by atoms with Crippen LogP contribution >= 0.6 is 12.4 Å². The van der Waals surface area contributed by atoms with Crippen molar-refractivity contribution in [2.45, 2.75) is 33.1 Å². The summed E-state index contributed by atoms with van der Waals surface area (Å²) in [6.45, 7) is 4.62. The second-order valence-electron chi connectivity index (χ2n) is 3.50. The van der Waals surface area contributed by atoms with E-state index in [0.717, 1.165) is 25.2 Å². The van der Waals surface area contributed by atoms with E-state index in [1.165, 1.54) is 0 Å². The Hall–Kier alpha value is -1.22. The van der Waals surface area contributed by atoms with E-state index in [-0.39, 0.29) is 18.4 Å². The summed E-state index contributed by atoms with van der Waals surface area (Å²) in [4.78, 5) is 11.0. The van der Waals surface area contributed by atoms with Gasteiger partial charge in [0.2, 0.25) is 0 Å². The van der Waals surface area contributed by atoms with E-state index in [9.17, 15) is 4.79 Å². The van der Waals surface area contributed by atoms with Gasteiger partial charge in [0, 0.05) is 6.42 Å². The van der Waals surface area contributed by atoms with E-state index < -0.39 is 0 Å². The summed E-state index contributed by atoms with van der Waals surface area (Å²) in [5.74, 6) is 1.15. The lowest BCUT2D eigenvalue weighted by molar-refractivity contribution is -0.134. The quantitative estimate of drug-likeness (QED) is 0.444. The number of esters is 1. The zero-order valence-corrected chi connectivity index (χ0v) is 11.1. The fraction of sp³-hybridized carbons (Fsp3) is 0.462. The van der Waals surface area contributed by atoms with Crippen molar-refractivity contribution >= 4 is 18.4 Å². The normalized spacial score (nSPS) is 9.29. The van der Waals surface area contributed by atoms with Gasteiger partial charge < -0.3 is 9.47 Å². The van der Waals surface area contributed by atoms with E-state index in [4.69, 9.17) is 9.47 Å². The van der Waals surface area contributed by atoms with Crippen LogP contribution in [0.1, 0.15) is 33.1 Å². The van der Waals surface area contributed by atoms with Gasteiger partial charge in [0.25, 0.3) is 0 Å². The Morgan fingerprint density at radius 3 is 2.24 bits per heavy atom. The molecule has 0 aliphatic rings. The van der Waals surface area contributed by atoms with Crippen LogP contribution < -0.4 is 9.47 Å². The molecule has 96 valence electrons. The molecule has 1 aromatic rings. The molecule has 0 bridgehead atoms. The van der Waals surface area contributed by atoms with Crippen molar-refractivity contribution < 1.29 is 14.3 Å². The molecule has 1 aromatic carbocycles. The highest BCUT2D eigenvalue weighted by molar-refractivity contribution is 5.85. The van der Waals surface area contributed by atoms with Gasteiger partial charge in [0.15, 0.2) is 0 Å². The summed E-state index contributed by atoms with van der Waals surface area (Å²) in [5, 5.41) is 0. The van der Waals surface area contributed by atoms with Crippen LogP contribution in [0.3, 0.4) is 0 Å². The zero-order valence-electron chi connectivity index (χ0n) is 10.3. The average molecular weight is 259 g/mol. The van der Waals surface area contributed by atoms with Crippen molar-refractivity contribution in [2.24, 2.45) is 0 Å². The largest absolute Gasteiger partial charge is 0.494 e. The standard InChI is InChI=1S/C13H18O3.ClH/c1-3-5-10-15-11-6-8-12(9-7-11)16-13(14)4-2;/h6-9H,3-5,10H2,1-2H3;1H. The lowest BCUT2D eigenvalue weighted by Crippen LogP contribution is -2.05. The van der Waals surface area contributed by atoms with Crippen LogP contribution in [0.4, 0.5) is 0 Å². The van der Waals surface area contributed by atoms with Crippen LogP contribution in [0.5, 0.6) is 11.5 Å². The van der Waals surface area contributed by atoms with Crippen LogP contribution in [0.15, 0.2) is 24.3 Å². The third kappa shape index (κ3) is 6.17. The highest BCUT2D eigenvalue weighted by Gasteiger charge is 2.01. The predicted octanol–water partition coefficient (Wildman–Crippen LogP) is 3.60. The van der Waals surface area contributed by atoms with E-state index in [0.29, 0.717) is 12.2 Å².